The summed E-state index contributed by atoms with van der Waals surface area (Å²) in [7, 11) is 1.60. The zero-order valence-corrected chi connectivity index (χ0v) is 25.1. The molecule has 0 fully saturated rings. The van der Waals surface area contributed by atoms with Crippen LogP contribution in [0.5, 0.6) is 11.5 Å². The van der Waals surface area contributed by atoms with E-state index in [9.17, 15) is 18.0 Å². The number of carboxylic acids is 1. The van der Waals surface area contributed by atoms with Crippen molar-refractivity contribution in [1.29, 1.82) is 0 Å². The molecule has 8 nitrogen and oxygen atoms in total. The van der Waals surface area contributed by atoms with Gasteiger partial charge in [0.15, 0.2) is 5.54 Å². The first kappa shape index (κ1) is 33.5. The number of rotatable bonds is 8. The number of alkyl halides is 3. The van der Waals surface area contributed by atoms with E-state index >= 15 is 0 Å². The van der Waals surface area contributed by atoms with Gasteiger partial charge in [-0.1, -0.05) is 47.5 Å². The van der Waals surface area contributed by atoms with Crippen LogP contribution in [0.3, 0.4) is 0 Å². The molecule has 0 aliphatic carbocycles. The zero-order chi connectivity index (χ0) is 31.9. The number of aliphatic imine (C=N–C) groups is 1. The van der Waals surface area contributed by atoms with E-state index in [1.807, 2.05) is 56.3 Å². The lowest BCUT2D eigenvalue weighted by Gasteiger charge is -2.33. The summed E-state index contributed by atoms with van der Waals surface area (Å²) < 4.78 is 48.9. The van der Waals surface area contributed by atoms with Crippen molar-refractivity contribution in [2.75, 3.05) is 13.7 Å². The summed E-state index contributed by atoms with van der Waals surface area (Å²) in [5.74, 6) is -1.48. The second-order valence-corrected chi connectivity index (χ2v) is 10.3. The van der Waals surface area contributed by atoms with Crippen LogP contribution in [0.2, 0.25) is 10.0 Å². The first-order chi connectivity index (χ1) is 20.2. The molecule has 2 atom stereocenters. The number of halogens is 5. The average molecular weight is 641 g/mol. The zero-order valence-electron chi connectivity index (χ0n) is 23.5. The minimum absolute atomic E-state index is 0.0870. The second kappa shape index (κ2) is 14.0. The molecular formula is C30H29Cl2F3N2O6. The number of carboxylic acid groups (broad SMARTS) is 1. The lowest BCUT2D eigenvalue weighted by atomic mass is 9.80. The maximum atomic E-state index is 13.8. The Morgan fingerprint density at radius 1 is 1.02 bits per heavy atom. The van der Waals surface area contributed by atoms with E-state index in [0.29, 0.717) is 38.5 Å². The summed E-state index contributed by atoms with van der Waals surface area (Å²) in [5, 5.41) is 11.7. The van der Waals surface area contributed by atoms with Crippen molar-refractivity contribution in [1.82, 2.24) is 5.32 Å². The van der Waals surface area contributed by atoms with E-state index in [1.165, 1.54) is 0 Å². The van der Waals surface area contributed by atoms with E-state index < -0.39 is 29.7 Å². The van der Waals surface area contributed by atoms with Gasteiger partial charge in [0.05, 0.1) is 25.4 Å². The Morgan fingerprint density at radius 3 is 2.07 bits per heavy atom. The number of aliphatic carboxylic acids is 1. The second-order valence-electron chi connectivity index (χ2n) is 9.42. The highest BCUT2D eigenvalue weighted by atomic mass is 35.5. The first-order valence-electron chi connectivity index (χ1n) is 12.9. The number of carbonyl (C=O) groups excluding carboxylic acids is 1. The lowest BCUT2D eigenvalue weighted by molar-refractivity contribution is -0.192. The van der Waals surface area contributed by atoms with Gasteiger partial charge in [-0.15, -0.1) is 0 Å². The van der Waals surface area contributed by atoms with Crippen molar-refractivity contribution in [3.8, 4) is 11.5 Å². The number of nitrogens with one attached hydrogen (secondary N) is 1. The molecule has 0 spiro atoms. The maximum absolute atomic E-state index is 13.8. The number of benzene rings is 3. The molecule has 0 saturated carbocycles. The van der Waals surface area contributed by atoms with E-state index in [0.717, 1.165) is 5.56 Å². The predicted octanol–water partition coefficient (Wildman–Crippen LogP) is 6.97. The number of carbonyl (C=O) groups is 2. The van der Waals surface area contributed by atoms with E-state index in [-0.39, 0.29) is 12.7 Å². The van der Waals surface area contributed by atoms with Gasteiger partial charge in [-0.25, -0.2) is 9.59 Å². The molecular weight excluding hydrogens is 612 g/mol. The third-order valence-electron chi connectivity index (χ3n) is 6.12. The Labute approximate surface area is 256 Å². The molecule has 1 heterocycles. The number of methoxy groups -OCH3 is 1. The molecule has 4 rings (SSSR count). The number of amidine groups is 1. The summed E-state index contributed by atoms with van der Waals surface area (Å²) in [6, 6.07) is 19.3. The van der Waals surface area contributed by atoms with Crippen molar-refractivity contribution in [3.63, 3.8) is 0 Å². The van der Waals surface area contributed by atoms with Crippen LogP contribution in [-0.2, 0) is 19.9 Å². The van der Waals surface area contributed by atoms with Crippen LogP contribution in [0.4, 0.5) is 13.2 Å². The summed E-state index contributed by atoms with van der Waals surface area (Å²) in [6.45, 7) is 5.88. The van der Waals surface area contributed by atoms with Gasteiger partial charge in [0.2, 0.25) is 0 Å². The smallest absolute Gasteiger partial charge is 0.490 e. The van der Waals surface area contributed by atoms with Gasteiger partial charge < -0.3 is 24.6 Å². The van der Waals surface area contributed by atoms with Crippen molar-refractivity contribution < 1.29 is 42.1 Å². The minimum atomic E-state index is -5.08. The quantitative estimate of drug-likeness (QED) is 0.256. The Bertz CT molecular complexity index is 1460. The number of hydrogen-bond donors (Lipinski definition) is 2. The van der Waals surface area contributed by atoms with Crippen LogP contribution < -0.4 is 14.8 Å². The van der Waals surface area contributed by atoms with Crippen molar-refractivity contribution in [3.05, 3.63) is 93.5 Å². The van der Waals surface area contributed by atoms with Crippen LogP contribution in [0, 0.1) is 0 Å². The van der Waals surface area contributed by atoms with E-state index in [2.05, 4.69) is 5.32 Å². The average Bonchev–Trinajstić information content (AvgIpc) is 3.35. The van der Waals surface area contributed by atoms with Gasteiger partial charge in [-0.3, -0.25) is 4.99 Å². The molecule has 0 saturated heterocycles. The third-order valence-corrected chi connectivity index (χ3v) is 6.62. The fourth-order valence-electron chi connectivity index (χ4n) is 4.26. The molecule has 0 bridgehead atoms. The normalized spacial score (nSPS) is 17.7. The summed E-state index contributed by atoms with van der Waals surface area (Å²) >= 11 is 12.4. The van der Waals surface area contributed by atoms with E-state index in [4.69, 9.17) is 52.3 Å². The largest absolute Gasteiger partial charge is 0.497 e. The molecule has 0 aromatic heterocycles. The summed E-state index contributed by atoms with van der Waals surface area (Å²) in [6.07, 6.45) is -5.17. The topological polar surface area (TPSA) is 106 Å². The first-order valence-corrected chi connectivity index (χ1v) is 13.7. The van der Waals surface area contributed by atoms with Crippen LogP contribution in [0.15, 0.2) is 71.7 Å². The van der Waals surface area contributed by atoms with Gasteiger partial charge in [0.1, 0.15) is 23.4 Å². The molecule has 3 aromatic carbocycles. The van der Waals surface area contributed by atoms with Crippen LogP contribution in [0.1, 0.15) is 43.5 Å². The van der Waals surface area contributed by atoms with Crippen LogP contribution in [0.25, 0.3) is 0 Å². The number of hydrogen-bond acceptors (Lipinski definition) is 7. The Hall–Kier alpha value is -3.96. The Morgan fingerprint density at radius 2 is 1.58 bits per heavy atom. The molecule has 230 valence electrons. The minimum Gasteiger partial charge on any atom is -0.497 e. The molecule has 0 radical (unpaired) electrons. The predicted molar refractivity (Wildman–Crippen MR) is 156 cm³/mol. The van der Waals surface area contributed by atoms with Crippen molar-refractivity contribution in [2.45, 2.75) is 44.6 Å². The molecule has 2 N–H and O–H groups in total. The number of esters is 1. The lowest BCUT2D eigenvalue weighted by Crippen LogP contribution is -2.52. The SMILES string of the molecule is CCOC(=O)[C@]1(c2ccc(Cl)cc2)NC(c2ccc(OC)cc2OC(C)C)=N[C@H]1c1ccc(Cl)cc1.O=C(O)C(F)(F)F. The standard InChI is InChI=1S/C28H28Cl2N2O4.C2HF3O2/c1-5-35-27(33)28(19-8-12-21(30)13-9-19)25(18-6-10-20(29)11-7-18)31-26(32-28)23-15-14-22(34-4)16-24(23)36-17(2)3;3-2(4,5)1(6)7/h6-17,25H,5H2,1-4H3,(H,31,32);(H,6,7)/t25-,28+;/m0./s1. The Kier molecular flexibility index (Phi) is 10.9. The number of ether oxygens (including phenoxy) is 3. The summed E-state index contributed by atoms with van der Waals surface area (Å²) in [4.78, 5) is 27.7. The monoisotopic (exact) mass is 640 g/mol. The highest BCUT2D eigenvalue weighted by Gasteiger charge is 2.54. The van der Waals surface area contributed by atoms with Crippen LogP contribution >= 0.6 is 23.2 Å². The van der Waals surface area contributed by atoms with Crippen molar-refractivity contribution in [2.24, 2.45) is 4.99 Å². The van der Waals surface area contributed by atoms with Gasteiger partial charge in [0.25, 0.3) is 0 Å². The highest BCUT2D eigenvalue weighted by molar-refractivity contribution is 6.30. The molecule has 1 aliphatic heterocycles. The fourth-order valence-corrected chi connectivity index (χ4v) is 4.52. The molecule has 13 heteroatoms. The van der Waals surface area contributed by atoms with E-state index in [1.54, 1.807) is 38.3 Å². The molecule has 0 unspecified atom stereocenters. The Balaban J connectivity index is 0.000000646. The molecule has 3 aromatic rings. The van der Waals surface area contributed by atoms with Crippen molar-refractivity contribution >= 4 is 41.0 Å². The number of nitrogens with zero attached hydrogens (tertiary/aromatic N) is 1. The third kappa shape index (κ3) is 7.91. The maximum Gasteiger partial charge on any atom is 0.490 e. The molecule has 0 amide bonds. The highest BCUT2D eigenvalue weighted by Crippen LogP contribution is 2.45. The molecule has 1 aliphatic rings. The summed E-state index contributed by atoms with van der Waals surface area (Å²) in [5.41, 5.74) is 0.816. The van der Waals surface area contributed by atoms with Gasteiger partial charge in [-0.05, 0) is 68.3 Å². The fraction of sp³-hybridized carbons (Fsp3) is 0.300. The van der Waals surface area contributed by atoms with Gasteiger partial charge in [0, 0.05) is 16.1 Å². The molecule has 43 heavy (non-hydrogen) atoms. The van der Waals surface area contributed by atoms with Crippen LogP contribution in [-0.4, -0.2) is 48.9 Å². The van der Waals surface area contributed by atoms with Gasteiger partial charge >= 0.3 is 18.1 Å². The van der Waals surface area contributed by atoms with Gasteiger partial charge in [-0.2, -0.15) is 13.2 Å².